The van der Waals surface area contributed by atoms with Crippen LogP contribution < -0.4 is 5.73 Å². The van der Waals surface area contributed by atoms with Gasteiger partial charge in [-0.15, -0.1) is 0 Å². The molecule has 0 aromatic heterocycles. The molecule has 1 aliphatic carbocycles. The number of ketones is 1. The van der Waals surface area contributed by atoms with Gasteiger partial charge in [-0.1, -0.05) is 28.1 Å². The number of hydrogen-bond acceptors (Lipinski definition) is 2. The van der Waals surface area contributed by atoms with Crippen LogP contribution in [0.15, 0.2) is 28.7 Å². The first kappa shape index (κ1) is 10.8. The molecule has 0 saturated heterocycles. The van der Waals surface area contributed by atoms with Gasteiger partial charge in [0.15, 0.2) is 5.78 Å². The van der Waals surface area contributed by atoms with E-state index in [1.165, 1.54) is 0 Å². The Morgan fingerprint density at radius 2 is 1.93 bits per heavy atom. The van der Waals surface area contributed by atoms with Crippen molar-refractivity contribution in [3.63, 3.8) is 0 Å². The molecule has 2 N–H and O–H groups in total. The molecule has 1 unspecified atom stereocenters. The first-order valence-corrected chi connectivity index (χ1v) is 5.91. The van der Waals surface area contributed by atoms with Gasteiger partial charge >= 0.3 is 0 Å². The molecule has 2 rings (SSSR count). The van der Waals surface area contributed by atoms with E-state index in [0.717, 1.165) is 22.9 Å². The van der Waals surface area contributed by atoms with Crippen LogP contribution in [0.2, 0.25) is 0 Å². The van der Waals surface area contributed by atoms with E-state index in [1.54, 1.807) is 6.92 Å². The van der Waals surface area contributed by atoms with Crippen molar-refractivity contribution in [1.82, 2.24) is 0 Å². The lowest BCUT2D eigenvalue weighted by Gasteiger charge is -2.16. The molecular weight excluding hydrogens is 254 g/mol. The van der Waals surface area contributed by atoms with E-state index >= 15 is 0 Å². The van der Waals surface area contributed by atoms with Gasteiger partial charge in [-0.25, -0.2) is 0 Å². The average Bonchev–Trinajstić information content (AvgIpc) is 2.99. The van der Waals surface area contributed by atoms with E-state index in [9.17, 15) is 4.79 Å². The van der Waals surface area contributed by atoms with Gasteiger partial charge in [-0.05, 0) is 37.5 Å². The summed E-state index contributed by atoms with van der Waals surface area (Å²) in [5.74, 6) is 0.171. The Kier molecular flexibility index (Phi) is 2.69. The maximum absolute atomic E-state index is 12.0. The number of rotatable bonds is 3. The third kappa shape index (κ3) is 1.86. The highest BCUT2D eigenvalue weighted by Gasteiger charge is 2.51. The van der Waals surface area contributed by atoms with Gasteiger partial charge in [0.05, 0.1) is 11.5 Å². The van der Waals surface area contributed by atoms with Crippen LogP contribution in [-0.2, 0) is 10.2 Å². The number of halogens is 1. The Morgan fingerprint density at radius 3 is 2.33 bits per heavy atom. The third-order valence-electron chi connectivity index (χ3n) is 3.03. The van der Waals surface area contributed by atoms with Crippen molar-refractivity contribution in [1.29, 1.82) is 0 Å². The van der Waals surface area contributed by atoms with Crippen LogP contribution in [0.5, 0.6) is 0 Å². The SMILES string of the molecule is CC(N)C(=O)C1(c2ccc(Br)cc2)CC1. The molecule has 2 nitrogen and oxygen atoms in total. The molecule has 80 valence electrons. The number of benzene rings is 1. The minimum Gasteiger partial charge on any atom is -0.322 e. The van der Waals surface area contributed by atoms with Crippen LogP contribution >= 0.6 is 15.9 Å². The molecule has 1 aromatic carbocycles. The molecule has 1 aliphatic rings. The van der Waals surface area contributed by atoms with Crippen molar-refractivity contribution < 1.29 is 4.79 Å². The zero-order valence-corrected chi connectivity index (χ0v) is 10.3. The summed E-state index contributed by atoms with van der Waals surface area (Å²) >= 11 is 3.39. The molecule has 1 fully saturated rings. The van der Waals surface area contributed by atoms with Crippen LogP contribution in [0.1, 0.15) is 25.3 Å². The summed E-state index contributed by atoms with van der Waals surface area (Å²) in [5.41, 5.74) is 6.51. The monoisotopic (exact) mass is 267 g/mol. The Bertz CT molecular complexity index is 379. The first-order valence-electron chi connectivity index (χ1n) is 5.12. The molecule has 15 heavy (non-hydrogen) atoms. The van der Waals surface area contributed by atoms with E-state index in [-0.39, 0.29) is 17.2 Å². The molecule has 0 heterocycles. The normalized spacial score (nSPS) is 19.7. The van der Waals surface area contributed by atoms with Gasteiger partial charge in [-0.2, -0.15) is 0 Å². The van der Waals surface area contributed by atoms with E-state index in [4.69, 9.17) is 5.73 Å². The van der Waals surface area contributed by atoms with Crippen molar-refractivity contribution in [3.05, 3.63) is 34.3 Å². The predicted octanol–water partition coefficient (Wildman–Crippen LogP) is 2.40. The fourth-order valence-electron chi connectivity index (χ4n) is 2.01. The number of hydrogen-bond donors (Lipinski definition) is 1. The Morgan fingerprint density at radius 1 is 1.40 bits per heavy atom. The summed E-state index contributed by atoms with van der Waals surface area (Å²) in [6.45, 7) is 1.77. The van der Waals surface area contributed by atoms with Crippen molar-refractivity contribution >= 4 is 21.7 Å². The highest BCUT2D eigenvalue weighted by molar-refractivity contribution is 9.10. The van der Waals surface area contributed by atoms with Crippen LogP contribution in [0.4, 0.5) is 0 Å². The highest BCUT2D eigenvalue weighted by atomic mass is 79.9. The minimum atomic E-state index is -0.365. The van der Waals surface area contributed by atoms with Crippen LogP contribution in [0.3, 0.4) is 0 Å². The quantitative estimate of drug-likeness (QED) is 0.914. The lowest BCUT2D eigenvalue weighted by Crippen LogP contribution is -2.36. The van der Waals surface area contributed by atoms with Gasteiger partial charge in [-0.3, -0.25) is 4.79 Å². The second-order valence-corrected chi connectivity index (χ2v) is 5.16. The molecular formula is C12H14BrNO. The average molecular weight is 268 g/mol. The second-order valence-electron chi connectivity index (χ2n) is 4.24. The smallest absolute Gasteiger partial charge is 0.159 e. The molecule has 0 radical (unpaired) electrons. The topological polar surface area (TPSA) is 43.1 Å². The Labute approximate surface area is 98.0 Å². The van der Waals surface area contributed by atoms with Crippen molar-refractivity contribution in [2.24, 2.45) is 5.73 Å². The van der Waals surface area contributed by atoms with Gasteiger partial charge in [0.1, 0.15) is 0 Å². The molecule has 0 bridgehead atoms. The summed E-state index contributed by atoms with van der Waals surface area (Å²) in [6, 6.07) is 7.61. The standard InChI is InChI=1S/C12H14BrNO/c1-8(14)11(15)12(6-7-12)9-2-4-10(13)5-3-9/h2-5,8H,6-7,14H2,1H3. The number of Topliss-reactive ketones (excluding diaryl/α,β-unsaturated/α-hetero) is 1. The van der Waals surface area contributed by atoms with Crippen molar-refractivity contribution in [2.75, 3.05) is 0 Å². The lowest BCUT2D eigenvalue weighted by molar-refractivity contribution is -0.122. The van der Waals surface area contributed by atoms with Crippen LogP contribution in [0, 0.1) is 0 Å². The van der Waals surface area contributed by atoms with Crippen molar-refractivity contribution in [2.45, 2.75) is 31.2 Å². The summed E-state index contributed by atoms with van der Waals surface area (Å²) in [7, 11) is 0. The van der Waals surface area contributed by atoms with Gasteiger partial charge in [0.2, 0.25) is 0 Å². The molecule has 1 aromatic rings. The van der Waals surface area contributed by atoms with Gasteiger partial charge < -0.3 is 5.73 Å². The zero-order valence-electron chi connectivity index (χ0n) is 8.66. The largest absolute Gasteiger partial charge is 0.322 e. The predicted molar refractivity (Wildman–Crippen MR) is 63.7 cm³/mol. The number of carbonyl (C=O) groups excluding carboxylic acids is 1. The van der Waals surface area contributed by atoms with E-state index in [0.29, 0.717) is 0 Å². The maximum Gasteiger partial charge on any atom is 0.159 e. The van der Waals surface area contributed by atoms with E-state index in [2.05, 4.69) is 15.9 Å². The van der Waals surface area contributed by atoms with Crippen molar-refractivity contribution in [3.8, 4) is 0 Å². The third-order valence-corrected chi connectivity index (χ3v) is 3.56. The summed E-state index contributed by atoms with van der Waals surface area (Å²) in [4.78, 5) is 12.0. The first-order chi connectivity index (χ1) is 7.06. The minimum absolute atomic E-state index is 0.171. The van der Waals surface area contributed by atoms with Gasteiger partial charge in [0, 0.05) is 4.47 Å². The molecule has 0 aliphatic heterocycles. The highest BCUT2D eigenvalue weighted by Crippen LogP contribution is 2.49. The Hall–Kier alpha value is -0.670. The maximum atomic E-state index is 12.0. The molecule has 1 saturated carbocycles. The molecule has 0 spiro atoms. The number of nitrogens with two attached hydrogens (primary N) is 1. The number of carbonyl (C=O) groups is 1. The van der Waals surface area contributed by atoms with Crippen LogP contribution in [-0.4, -0.2) is 11.8 Å². The summed E-state index contributed by atoms with van der Waals surface area (Å²) in [6.07, 6.45) is 1.88. The van der Waals surface area contributed by atoms with E-state index in [1.807, 2.05) is 24.3 Å². The summed E-state index contributed by atoms with van der Waals surface area (Å²) < 4.78 is 1.04. The fraction of sp³-hybridized carbons (Fsp3) is 0.417. The van der Waals surface area contributed by atoms with Crippen LogP contribution in [0.25, 0.3) is 0 Å². The summed E-state index contributed by atoms with van der Waals surface area (Å²) in [5, 5.41) is 0. The fourth-order valence-corrected chi connectivity index (χ4v) is 2.27. The second kappa shape index (κ2) is 3.72. The van der Waals surface area contributed by atoms with E-state index < -0.39 is 0 Å². The molecule has 3 heteroatoms. The zero-order chi connectivity index (χ0) is 11.1. The molecule has 0 amide bonds. The lowest BCUT2D eigenvalue weighted by atomic mass is 9.88. The molecule has 1 atom stereocenters. The Balaban J connectivity index is 2.30. The van der Waals surface area contributed by atoms with Gasteiger partial charge in [0.25, 0.3) is 0 Å².